The molecule has 0 aliphatic carbocycles. The summed E-state index contributed by atoms with van der Waals surface area (Å²) >= 11 is 0. The molecule has 1 aliphatic rings. The van der Waals surface area contributed by atoms with Crippen LogP contribution in [0.2, 0.25) is 0 Å². The van der Waals surface area contributed by atoms with Crippen molar-refractivity contribution in [3.63, 3.8) is 0 Å². The number of ether oxygens (including phenoxy) is 2. The van der Waals surface area contributed by atoms with Crippen molar-refractivity contribution in [3.05, 3.63) is 46.0 Å². The van der Waals surface area contributed by atoms with Crippen LogP contribution >= 0.6 is 0 Å². The Labute approximate surface area is 173 Å². The fraction of sp³-hybridized carbons (Fsp3) is 0.348. The Morgan fingerprint density at radius 1 is 1.40 bits per heavy atom. The molecule has 0 radical (unpaired) electrons. The van der Waals surface area contributed by atoms with Gasteiger partial charge in [-0.05, 0) is 61.1 Å². The van der Waals surface area contributed by atoms with Crippen LogP contribution in [0, 0.1) is 31.0 Å². The molecular formula is C23H22FN3O3. The number of nitrogens with zero attached hydrogens (tertiary/aromatic N) is 3. The molecule has 0 fully saturated rings. The van der Waals surface area contributed by atoms with E-state index in [-0.39, 0.29) is 6.42 Å². The molecule has 0 saturated carbocycles. The normalized spacial score (nSPS) is 12.9. The zero-order chi connectivity index (χ0) is 21.6. The number of fused-ring (bicyclic) bond motifs is 2. The average molecular weight is 407 g/mol. The van der Waals surface area contributed by atoms with Crippen molar-refractivity contribution in [3.8, 4) is 22.9 Å². The van der Waals surface area contributed by atoms with Gasteiger partial charge in [-0.2, -0.15) is 5.26 Å². The number of pyridine rings is 1. The number of nitriles is 1. The standard InChI is InChI=1S/C23H22FN3O3/c1-12-15-6-5-7-30-22(15)19(24)9-16(12)21-17(10-20(28)29-4)13(2)26-23-18(21)8-14(11-25)27(23)3/h8-9H,5-7,10H2,1-4H3. The van der Waals surface area contributed by atoms with Crippen molar-refractivity contribution in [2.45, 2.75) is 33.1 Å². The maximum atomic E-state index is 15.0. The molecule has 0 saturated heterocycles. The highest BCUT2D eigenvalue weighted by molar-refractivity contribution is 5.99. The maximum absolute atomic E-state index is 15.0. The number of rotatable bonds is 3. The molecule has 0 unspecified atom stereocenters. The number of methoxy groups -OCH3 is 1. The van der Waals surface area contributed by atoms with Gasteiger partial charge in [-0.15, -0.1) is 0 Å². The molecule has 0 bridgehead atoms. The van der Waals surface area contributed by atoms with Gasteiger partial charge in [0.05, 0.1) is 20.1 Å². The van der Waals surface area contributed by atoms with Crippen molar-refractivity contribution in [1.82, 2.24) is 9.55 Å². The third-order valence-electron chi connectivity index (χ3n) is 5.85. The maximum Gasteiger partial charge on any atom is 0.310 e. The number of hydrogen-bond donors (Lipinski definition) is 0. The molecule has 1 aromatic carbocycles. The summed E-state index contributed by atoms with van der Waals surface area (Å²) in [7, 11) is 3.10. The van der Waals surface area contributed by atoms with Gasteiger partial charge in [0.15, 0.2) is 11.6 Å². The van der Waals surface area contributed by atoms with Gasteiger partial charge >= 0.3 is 5.97 Å². The summed E-state index contributed by atoms with van der Waals surface area (Å²) in [5.41, 5.74) is 5.51. The molecule has 0 spiro atoms. The van der Waals surface area contributed by atoms with E-state index >= 15 is 4.39 Å². The lowest BCUT2D eigenvalue weighted by Crippen LogP contribution is -2.13. The highest BCUT2D eigenvalue weighted by Crippen LogP contribution is 2.42. The average Bonchev–Trinajstić information content (AvgIpc) is 3.06. The van der Waals surface area contributed by atoms with Crippen LogP contribution in [0.3, 0.4) is 0 Å². The number of benzene rings is 1. The van der Waals surface area contributed by atoms with Crippen LogP contribution in [0.5, 0.6) is 5.75 Å². The van der Waals surface area contributed by atoms with Crippen molar-refractivity contribution < 1.29 is 18.7 Å². The van der Waals surface area contributed by atoms with Gasteiger partial charge in [0, 0.05) is 23.7 Å². The lowest BCUT2D eigenvalue weighted by atomic mass is 9.87. The van der Waals surface area contributed by atoms with Crippen molar-refractivity contribution >= 4 is 17.0 Å². The molecule has 30 heavy (non-hydrogen) atoms. The zero-order valence-corrected chi connectivity index (χ0v) is 17.4. The number of halogens is 1. The van der Waals surface area contributed by atoms with Crippen LogP contribution in [0.4, 0.5) is 4.39 Å². The predicted molar refractivity (Wildman–Crippen MR) is 110 cm³/mol. The summed E-state index contributed by atoms with van der Waals surface area (Å²) in [5, 5.41) is 10.2. The molecule has 3 heterocycles. The lowest BCUT2D eigenvalue weighted by molar-refractivity contribution is -0.139. The molecule has 3 aromatic rings. The summed E-state index contributed by atoms with van der Waals surface area (Å²) in [4.78, 5) is 16.8. The number of aryl methyl sites for hydroxylation is 2. The Bertz CT molecular complexity index is 1240. The van der Waals surface area contributed by atoms with Crippen LogP contribution in [-0.2, 0) is 29.4 Å². The van der Waals surface area contributed by atoms with Gasteiger partial charge in [0.2, 0.25) is 0 Å². The Hall–Kier alpha value is -3.40. The van der Waals surface area contributed by atoms with E-state index in [1.807, 2.05) is 13.8 Å². The largest absolute Gasteiger partial charge is 0.490 e. The van der Waals surface area contributed by atoms with E-state index in [0.29, 0.717) is 51.5 Å². The highest BCUT2D eigenvalue weighted by atomic mass is 19.1. The van der Waals surface area contributed by atoms with Crippen molar-refractivity contribution in [2.24, 2.45) is 7.05 Å². The summed E-state index contributed by atoms with van der Waals surface area (Å²) in [6.45, 7) is 4.26. The summed E-state index contributed by atoms with van der Waals surface area (Å²) in [5.74, 6) is -0.519. The van der Waals surface area contributed by atoms with Crippen LogP contribution in [-0.4, -0.2) is 29.2 Å². The van der Waals surface area contributed by atoms with Crippen LogP contribution in [0.1, 0.15) is 34.5 Å². The van der Waals surface area contributed by atoms with Crippen molar-refractivity contribution in [1.29, 1.82) is 5.26 Å². The molecule has 6 nitrogen and oxygen atoms in total. The van der Waals surface area contributed by atoms with Gasteiger partial charge in [-0.3, -0.25) is 4.79 Å². The Morgan fingerprint density at radius 3 is 2.87 bits per heavy atom. The SMILES string of the molecule is COC(=O)Cc1c(C)nc2c(cc(C#N)n2C)c1-c1cc(F)c2c(c1C)CCCO2. The first-order valence-electron chi connectivity index (χ1n) is 9.78. The van der Waals surface area contributed by atoms with Gasteiger partial charge < -0.3 is 14.0 Å². The van der Waals surface area contributed by atoms with E-state index in [0.717, 1.165) is 24.0 Å². The van der Waals surface area contributed by atoms with E-state index in [1.54, 1.807) is 17.7 Å². The second kappa shape index (κ2) is 7.45. The molecule has 1 aliphatic heterocycles. The smallest absolute Gasteiger partial charge is 0.310 e. The van der Waals surface area contributed by atoms with Gasteiger partial charge in [-0.1, -0.05) is 0 Å². The van der Waals surface area contributed by atoms with Crippen LogP contribution < -0.4 is 4.74 Å². The number of carbonyl (C=O) groups is 1. The number of hydrogen-bond acceptors (Lipinski definition) is 5. The first kappa shape index (κ1) is 19.9. The highest BCUT2D eigenvalue weighted by Gasteiger charge is 2.26. The Kier molecular flexibility index (Phi) is 4.94. The second-order valence-electron chi connectivity index (χ2n) is 7.53. The molecule has 4 rings (SSSR count). The quantitative estimate of drug-likeness (QED) is 0.615. The third-order valence-corrected chi connectivity index (χ3v) is 5.85. The summed E-state index contributed by atoms with van der Waals surface area (Å²) in [6, 6.07) is 5.37. The minimum absolute atomic E-state index is 0.00598. The first-order valence-corrected chi connectivity index (χ1v) is 9.78. The first-order chi connectivity index (χ1) is 14.4. The molecule has 0 amide bonds. The summed E-state index contributed by atoms with van der Waals surface area (Å²) < 4.78 is 27.2. The van der Waals surface area contributed by atoms with E-state index < -0.39 is 11.8 Å². The van der Waals surface area contributed by atoms with E-state index in [4.69, 9.17) is 9.47 Å². The van der Waals surface area contributed by atoms with Crippen LogP contribution in [0.25, 0.3) is 22.2 Å². The summed E-state index contributed by atoms with van der Waals surface area (Å²) in [6.07, 6.45) is 1.55. The fourth-order valence-corrected chi connectivity index (χ4v) is 4.25. The molecule has 2 aromatic heterocycles. The monoisotopic (exact) mass is 407 g/mol. The van der Waals surface area contributed by atoms with Crippen molar-refractivity contribution in [2.75, 3.05) is 13.7 Å². The molecular weight excluding hydrogens is 385 g/mol. The Balaban J connectivity index is 2.11. The van der Waals surface area contributed by atoms with Crippen LogP contribution in [0.15, 0.2) is 12.1 Å². The molecule has 7 heteroatoms. The topological polar surface area (TPSA) is 77.1 Å². The number of esters is 1. The fourth-order valence-electron chi connectivity index (χ4n) is 4.25. The van der Waals surface area contributed by atoms with Gasteiger partial charge in [-0.25, -0.2) is 9.37 Å². The third kappa shape index (κ3) is 3.00. The molecule has 0 N–H and O–H groups in total. The predicted octanol–water partition coefficient (Wildman–Crippen LogP) is 3.91. The number of carbonyl (C=O) groups excluding carboxylic acids is 1. The van der Waals surface area contributed by atoms with E-state index in [2.05, 4.69) is 11.1 Å². The Morgan fingerprint density at radius 2 is 2.17 bits per heavy atom. The van der Waals surface area contributed by atoms with E-state index in [9.17, 15) is 10.1 Å². The molecule has 154 valence electrons. The minimum atomic E-state index is -0.423. The zero-order valence-electron chi connectivity index (χ0n) is 17.4. The number of aromatic nitrogens is 2. The minimum Gasteiger partial charge on any atom is -0.490 e. The lowest BCUT2D eigenvalue weighted by Gasteiger charge is -2.23. The van der Waals surface area contributed by atoms with Gasteiger partial charge in [0.25, 0.3) is 0 Å². The second-order valence-corrected chi connectivity index (χ2v) is 7.53. The molecule has 0 atom stereocenters. The van der Waals surface area contributed by atoms with E-state index in [1.165, 1.54) is 13.2 Å². The van der Waals surface area contributed by atoms with Gasteiger partial charge in [0.1, 0.15) is 17.4 Å².